The van der Waals surface area contributed by atoms with Crippen molar-refractivity contribution in [3.63, 3.8) is 0 Å². The molecule has 0 unspecified atom stereocenters. The molecular weight excluding hydrogens is 298 g/mol. The first kappa shape index (κ1) is 14.3. The Morgan fingerprint density at radius 1 is 1.44 bits per heavy atom. The van der Waals surface area contributed by atoms with E-state index in [-0.39, 0.29) is 11.5 Å². The highest BCUT2D eigenvalue weighted by atomic mass is 79.9. The predicted molar refractivity (Wildman–Crippen MR) is 73.0 cm³/mol. The van der Waals surface area contributed by atoms with Gasteiger partial charge in [-0.2, -0.15) is 5.26 Å². The van der Waals surface area contributed by atoms with Gasteiger partial charge in [0.2, 0.25) is 5.88 Å². The molecule has 0 aliphatic rings. The maximum Gasteiger partial charge on any atom is 0.264 e. The summed E-state index contributed by atoms with van der Waals surface area (Å²) < 4.78 is 6.29. The Morgan fingerprint density at radius 2 is 2.06 bits per heavy atom. The average molecular weight is 312 g/mol. The minimum atomic E-state index is -0.351. The van der Waals surface area contributed by atoms with Crippen LogP contribution in [0.5, 0.6) is 0 Å². The molecule has 0 aliphatic heterocycles. The lowest BCUT2D eigenvalue weighted by Crippen LogP contribution is -2.22. The summed E-state index contributed by atoms with van der Waals surface area (Å²) in [5, 5.41) is 8.96. The topological polar surface area (TPSA) is 60.5 Å². The molecule has 1 amide bonds. The van der Waals surface area contributed by atoms with E-state index in [0.717, 1.165) is 4.47 Å². The van der Waals surface area contributed by atoms with Crippen molar-refractivity contribution in [3.05, 3.63) is 21.9 Å². The lowest BCUT2D eigenvalue weighted by atomic mass is 10.2. The zero-order valence-electron chi connectivity index (χ0n) is 10.7. The maximum absolute atomic E-state index is 11.7. The van der Waals surface area contributed by atoms with Crippen molar-refractivity contribution in [1.82, 2.24) is 4.90 Å². The Morgan fingerprint density at radius 3 is 2.44 bits per heavy atom. The van der Waals surface area contributed by atoms with Crippen molar-refractivity contribution in [2.45, 2.75) is 0 Å². The SMILES string of the molecule is CN(C)C(=O)C(C#N)=Cc1cc(Br)c(N(C)C)o1. The van der Waals surface area contributed by atoms with Crippen LogP contribution >= 0.6 is 15.9 Å². The van der Waals surface area contributed by atoms with E-state index in [4.69, 9.17) is 9.68 Å². The molecule has 0 aliphatic carbocycles. The number of nitriles is 1. The number of likely N-dealkylation sites (N-methyl/N-ethyl adjacent to an activating group) is 1. The van der Waals surface area contributed by atoms with E-state index < -0.39 is 0 Å². The molecule has 18 heavy (non-hydrogen) atoms. The van der Waals surface area contributed by atoms with Gasteiger partial charge in [-0.15, -0.1) is 0 Å². The first-order valence-electron chi connectivity index (χ1n) is 5.17. The van der Waals surface area contributed by atoms with Gasteiger partial charge in [-0.05, 0) is 15.9 Å². The summed E-state index contributed by atoms with van der Waals surface area (Å²) in [5.41, 5.74) is 0.0338. The zero-order valence-corrected chi connectivity index (χ0v) is 12.3. The lowest BCUT2D eigenvalue weighted by molar-refractivity contribution is -0.124. The van der Waals surface area contributed by atoms with E-state index in [1.165, 1.54) is 11.0 Å². The smallest absolute Gasteiger partial charge is 0.264 e. The Hall–Kier alpha value is -1.74. The lowest BCUT2D eigenvalue weighted by Gasteiger charge is -2.08. The first-order valence-corrected chi connectivity index (χ1v) is 5.96. The molecule has 1 rings (SSSR count). The van der Waals surface area contributed by atoms with E-state index in [9.17, 15) is 4.79 Å². The summed E-state index contributed by atoms with van der Waals surface area (Å²) >= 11 is 3.35. The van der Waals surface area contributed by atoms with Crippen LogP contribution in [0, 0.1) is 11.3 Å². The van der Waals surface area contributed by atoms with Gasteiger partial charge in [0.25, 0.3) is 5.91 Å². The fourth-order valence-corrected chi connectivity index (χ4v) is 1.94. The quantitative estimate of drug-likeness (QED) is 0.633. The molecule has 0 aromatic carbocycles. The van der Waals surface area contributed by atoms with E-state index in [0.29, 0.717) is 11.6 Å². The van der Waals surface area contributed by atoms with Gasteiger partial charge >= 0.3 is 0 Å². The summed E-state index contributed by atoms with van der Waals surface area (Å²) in [5.74, 6) is 0.740. The number of carbonyl (C=O) groups is 1. The molecule has 1 heterocycles. The Balaban J connectivity index is 3.12. The molecule has 5 nitrogen and oxygen atoms in total. The minimum Gasteiger partial charge on any atom is -0.440 e. The highest BCUT2D eigenvalue weighted by Crippen LogP contribution is 2.29. The van der Waals surface area contributed by atoms with Crippen molar-refractivity contribution in [2.24, 2.45) is 0 Å². The number of hydrogen-bond acceptors (Lipinski definition) is 4. The van der Waals surface area contributed by atoms with Gasteiger partial charge in [-0.1, -0.05) is 0 Å². The van der Waals surface area contributed by atoms with Crippen LogP contribution in [0.1, 0.15) is 5.76 Å². The van der Waals surface area contributed by atoms with Crippen molar-refractivity contribution in [3.8, 4) is 6.07 Å². The molecule has 0 N–H and O–H groups in total. The molecule has 96 valence electrons. The van der Waals surface area contributed by atoms with Crippen LogP contribution in [0.25, 0.3) is 6.08 Å². The summed E-state index contributed by atoms with van der Waals surface area (Å²) in [7, 11) is 6.87. The van der Waals surface area contributed by atoms with Gasteiger partial charge < -0.3 is 14.2 Å². The second kappa shape index (κ2) is 5.74. The van der Waals surface area contributed by atoms with E-state index >= 15 is 0 Å². The van der Waals surface area contributed by atoms with Crippen molar-refractivity contribution in [1.29, 1.82) is 5.26 Å². The minimum absolute atomic E-state index is 0.0338. The molecule has 0 fully saturated rings. The summed E-state index contributed by atoms with van der Waals surface area (Å²) in [6, 6.07) is 3.59. The number of anilines is 1. The first-order chi connectivity index (χ1) is 8.36. The monoisotopic (exact) mass is 311 g/mol. The van der Waals surface area contributed by atoms with Gasteiger partial charge in [-0.3, -0.25) is 4.79 Å². The highest BCUT2D eigenvalue weighted by Gasteiger charge is 2.14. The van der Waals surface area contributed by atoms with Crippen LogP contribution in [-0.2, 0) is 4.79 Å². The van der Waals surface area contributed by atoms with Gasteiger partial charge in [-0.25, -0.2) is 0 Å². The van der Waals surface area contributed by atoms with Crippen LogP contribution < -0.4 is 4.90 Å². The van der Waals surface area contributed by atoms with Gasteiger partial charge in [0.1, 0.15) is 17.4 Å². The standard InChI is InChI=1S/C12H14BrN3O2/c1-15(2)11(17)8(7-14)5-9-6-10(13)12(18-9)16(3)4/h5-6H,1-4H3. The largest absolute Gasteiger partial charge is 0.440 e. The van der Waals surface area contributed by atoms with Gasteiger partial charge in [0, 0.05) is 40.3 Å². The molecule has 0 radical (unpaired) electrons. The van der Waals surface area contributed by atoms with E-state index in [2.05, 4.69) is 15.9 Å². The third kappa shape index (κ3) is 3.14. The molecule has 1 aromatic rings. The second-order valence-corrected chi connectivity index (χ2v) is 4.92. The Kier molecular flexibility index (Phi) is 4.56. The van der Waals surface area contributed by atoms with Crippen molar-refractivity contribution < 1.29 is 9.21 Å². The number of amides is 1. The molecule has 0 atom stereocenters. The Labute approximate surface area is 114 Å². The van der Waals surface area contributed by atoms with Gasteiger partial charge in [0.15, 0.2) is 0 Å². The summed E-state index contributed by atoms with van der Waals surface area (Å²) in [4.78, 5) is 14.8. The van der Waals surface area contributed by atoms with Crippen LogP contribution in [0.15, 0.2) is 20.5 Å². The average Bonchev–Trinajstić information content (AvgIpc) is 2.66. The summed E-state index contributed by atoms with van der Waals surface area (Å²) in [6.07, 6.45) is 1.43. The number of halogens is 1. The molecule has 0 spiro atoms. The number of furan rings is 1. The Bertz CT molecular complexity index is 524. The highest BCUT2D eigenvalue weighted by molar-refractivity contribution is 9.10. The number of rotatable bonds is 3. The maximum atomic E-state index is 11.7. The van der Waals surface area contributed by atoms with E-state index in [1.54, 1.807) is 25.1 Å². The second-order valence-electron chi connectivity index (χ2n) is 4.07. The molecule has 0 bridgehead atoms. The fraction of sp³-hybridized carbons (Fsp3) is 0.333. The molecular formula is C12H14BrN3O2. The van der Waals surface area contributed by atoms with Crippen LogP contribution in [0.3, 0.4) is 0 Å². The number of hydrogen-bond donors (Lipinski definition) is 0. The number of carbonyl (C=O) groups excluding carboxylic acids is 1. The molecule has 1 aromatic heterocycles. The van der Waals surface area contributed by atoms with Crippen molar-refractivity contribution >= 4 is 33.8 Å². The zero-order chi connectivity index (χ0) is 13.9. The normalized spacial score (nSPS) is 11.0. The molecule has 0 saturated carbocycles. The van der Waals surface area contributed by atoms with Crippen LogP contribution in [0.2, 0.25) is 0 Å². The van der Waals surface area contributed by atoms with Crippen LogP contribution in [0.4, 0.5) is 5.88 Å². The third-order valence-electron chi connectivity index (χ3n) is 2.14. The predicted octanol–water partition coefficient (Wildman–Crippen LogP) is 2.10. The fourth-order valence-electron chi connectivity index (χ4n) is 1.28. The molecule has 6 heteroatoms. The third-order valence-corrected chi connectivity index (χ3v) is 2.71. The van der Waals surface area contributed by atoms with Crippen LogP contribution in [-0.4, -0.2) is 39.0 Å². The van der Waals surface area contributed by atoms with Gasteiger partial charge in [0.05, 0.1) is 4.47 Å². The summed E-state index contributed by atoms with van der Waals surface area (Å²) in [6.45, 7) is 0. The molecule has 0 saturated heterocycles. The van der Waals surface area contributed by atoms with Crippen molar-refractivity contribution in [2.75, 3.05) is 33.1 Å². The van der Waals surface area contributed by atoms with E-state index in [1.807, 2.05) is 20.2 Å². The number of nitrogens with zero attached hydrogens (tertiary/aromatic N) is 3.